The van der Waals surface area contributed by atoms with Crippen molar-refractivity contribution in [3.8, 4) is 0 Å². The van der Waals surface area contributed by atoms with Crippen molar-refractivity contribution in [1.82, 2.24) is 4.90 Å². The van der Waals surface area contributed by atoms with Crippen LogP contribution in [0.25, 0.3) is 0 Å². The number of benzene rings is 1. The fraction of sp³-hybridized carbons (Fsp3) is 0.500. The summed E-state index contributed by atoms with van der Waals surface area (Å²) in [4.78, 5) is 13.7. The number of amides is 1. The molecular formula is C14H17NO2. The Morgan fingerprint density at radius 2 is 1.82 bits per heavy atom. The van der Waals surface area contributed by atoms with Crippen LogP contribution in [0.5, 0.6) is 0 Å². The SMILES string of the molecule is O=C(OCc1ccccc1)N1C[C@H]2CC[C@@H]2C1. The van der Waals surface area contributed by atoms with Crippen molar-refractivity contribution in [1.29, 1.82) is 0 Å². The topological polar surface area (TPSA) is 29.5 Å². The maximum absolute atomic E-state index is 11.8. The molecule has 1 aliphatic heterocycles. The third kappa shape index (κ3) is 2.14. The maximum Gasteiger partial charge on any atom is 0.410 e. The fourth-order valence-electron chi connectivity index (χ4n) is 2.72. The molecule has 2 atom stereocenters. The maximum atomic E-state index is 11.8. The number of likely N-dealkylation sites (tertiary alicyclic amines) is 1. The van der Waals surface area contributed by atoms with Crippen LogP contribution in [0.1, 0.15) is 18.4 Å². The molecule has 3 nitrogen and oxygen atoms in total. The first-order chi connectivity index (χ1) is 8.33. The van der Waals surface area contributed by atoms with E-state index >= 15 is 0 Å². The largest absolute Gasteiger partial charge is 0.445 e. The lowest BCUT2D eigenvalue weighted by molar-refractivity contribution is 0.103. The van der Waals surface area contributed by atoms with Gasteiger partial charge in [-0.1, -0.05) is 30.3 Å². The Morgan fingerprint density at radius 1 is 1.18 bits per heavy atom. The van der Waals surface area contributed by atoms with Gasteiger partial charge in [0.1, 0.15) is 6.61 Å². The van der Waals surface area contributed by atoms with Crippen LogP contribution in [0.3, 0.4) is 0 Å². The number of nitrogens with zero attached hydrogens (tertiary/aromatic N) is 1. The van der Waals surface area contributed by atoms with Crippen LogP contribution in [0, 0.1) is 11.8 Å². The average Bonchev–Trinajstić information content (AvgIpc) is 2.64. The van der Waals surface area contributed by atoms with Crippen molar-refractivity contribution in [2.75, 3.05) is 13.1 Å². The van der Waals surface area contributed by atoms with Crippen LogP contribution in [0.2, 0.25) is 0 Å². The van der Waals surface area contributed by atoms with Crippen molar-refractivity contribution in [3.63, 3.8) is 0 Å². The van der Waals surface area contributed by atoms with Gasteiger partial charge in [-0.05, 0) is 30.2 Å². The lowest BCUT2D eigenvalue weighted by Crippen LogP contribution is -2.29. The standard InChI is InChI=1S/C14H17NO2/c16-14(15-8-12-6-7-13(12)9-15)17-10-11-4-2-1-3-5-11/h1-5,12-13H,6-10H2/t12-,13-/m1/s1. The number of carbonyl (C=O) groups is 1. The highest BCUT2D eigenvalue weighted by Gasteiger charge is 2.41. The zero-order valence-corrected chi connectivity index (χ0v) is 9.84. The van der Waals surface area contributed by atoms with E-state index in [1.54, 1.807) is 0 Å². The normalized spacial score (nSPS) is 26.2. The Balaban J connectivity index is 1.51. The van der Waals surface area contributed by atoms with Crippen molar-refractivity contribution < 1.29 is 9.53 Å². The average molecular weight is 231 g/mol. The molecule has 3 heteroatoms. The molecule has 0 radical (unpaired) electrons. The van der Waals surface area contributed by atoms with Crippen LogP contribution in [-0.2, 0) is 11.3 Å². The molecule has 1 amide bonds. The van der Waals surface area contributed by atoms with Gasteiger partial charge in [0.05, 0.1) is 0 Å². The first kappa shape index (κ1) is 10.6. The monoisotopic (exact) mass is 231 g/mol. The number of hydrogen-bond acceptors (Lipinski definition) is 2. The van der Waals surface area contributed by atoms with Gasteiger partial charge in [-0.25, -0.2) is 4.79 Å². The van der Waals surface area contributed by atoms with Crippen LogP contribution in [0.15, 0.2) is 30.3 Å². The second-order valence-corrected chi connectivity index (χ2v) is 5.04. The molecule has 1 aromatic rings. The van der Waals surface area contributed by atoms with E-state index in [-0.39, 0.29) is 6.09 Å². The van der Waals surface area contributed by atoms with E-state index in [2.05, 4.69) is 0 Å². The first-order valence-corrected chi connectivity index (χ1v) is 6.28. The van der Waals surface area contributed by atoms with Gasteiger partial charge in [0.15, 0.2) is 0 Å². The lowest BCUT2D eigenvalue weighted by Gasteiger charge is -2.27. The zero-order chi connectivity index (χ0) is 11.7. The lowest BCUT2D eigenvalue weighted by atomic mass is 9.77. The zero-order valence-electron chi connectivity index (χ0n) is 9.84. The van der Waals surface area contributed by atoms with Crippen LogP contribution >= 0.6 is 0 Å². The quantitative estimate of drug-likeness (QED) is 0.783. The summed E-state index contributed by atoms with van der Waals surface area (Å²) in [6, 6.07) is 9.82. The third-order valence-corrected chi connectivity index (χ3v) is 3.95. The van der Waals surface area contributed by atoms with Gasteiger partial charge in [-0.3, -0.25) is 0 Å². The summed E-state index contributed by atoms with van der Waals surface area (Å²) in [5, 5.41) is 0. The Labute approximate surface area is 101 Å². The van der Waals surface area contributed by atoms with E-state index in [4.69, 9.17) is 4.74 Å². The van der Waals surface area contributed by atoms with Crippen molar-refractivity contribution in [2.45, 2.75) is 19.4 Å². The second kappa shape index (κ2) is 4.40. The number of carbonyl (C=O) groups excluding carboxylic acids is 1. The molecule has 0 N–H and O–H groups in total. The molecule has 17 heavy (non-hydrogen) atoms. The molecule has 0 unspecified atom stereocenters. The predicted octanol–water partition coefficient (Wildman–Crippen LogP) is 2.67. The van der Waals surface area contributed by atoms with Gasteiger partial charge in [-0.15, -0.1) is 0 Å². The van der Waals surface area contributed by atoms with E-state index in [1.807, 2.05) is 35.2 Å². The van der Waals surface area contributed by atoms with E-state index < -0.39 is 0 Å². The summed E-state index contributed by atoms with van der Waals surface area (Å²) in [6.45, 7) is 2.18. The van der Waals surface area contributed by atoms with Crippen molar-refractivity contribution in [3.05, 3.63) is 35.9 Å². The summed E-state index contributed by atoms with van der Waals surface area (Å²) >= 11 is 0. The number of rotatable bonds is 2. The van der Waals surface area contributed by atoms with Gasteiger partial charge < -0.3 is 9.64 Å². The highest BCUT2D eigenvalue weighted by atomic mass is 16.6. The number of hydrogen-bond donors (Lipinski definition) is 0. The van der Waals surface area contributed by atoms with Crippen LogP contribution < -0.4 is 0 Å². The van der Waals surface area contributed by atoms with E-state index in [0.29, 0.717) is 6.61 Å². The molecule has 2 aliphatic rings. The summed E-state index contributed by atoms with van der Waals surface area (Å²) in [6.07, 6.45) is 2.42. The molecule has 3 rings (SSSR count). The molecule has 1 saturated heterocycles. The molecule has 0 spiro atoms. The molecular weight excluding hydrogens is 214 g/mol. The van der Waals surface area contributed by atoms with E-state index in [9.17, 15) is 4.79 Å². The second-order valence-electron chi connectivity index (χ2n) is 5.04. The Morgan fingerprint density at radius 3 is 2.41 bits per heavy atom. The van der Waals surface area contributed by atoms with Crippen molar-refractivity contribution >= 4 is 6.09 Å². The number of ether oxygens (including phenoxy) is 1. The Kier molecular flexibility index (Phi) is 2.75. The van der Waals surface area contributed by atoms with Gasteiger partial charge in [0, 0.05) is 13.1 Å². The summed E-state index contributed by atoms with van der Waals surface area (Å²) in [7, 11) is 0. The van der Waals surface area contributed by atoms with E-state index in [1.165, 1.54) is 12.8 Å². The molecule has 0 bridgehead atoms. The van der Waals surface area contributed by atoms with Gasteiger partial charge in [0.2, 0.25) is 0 Å². The smallest absolute Gasteiger partial charge is 0.410 e. The number of fused-ring (bicyclic) bond motifs is 1. The third-order valence-electron chi connectivity index (χ3n) is 3.95. The molecule has 1 aliphatic carbocycles. The summed E-state index contributed by atoms with van der Waals surface area (Å²) < 4.78 is 5.32. The fourth-order valence-corrected chi connectivity index (χ4v) is 2.72. The van der Waals surface area contributed by atoms with Crippen molar-refractivity contribution in [2.24, 2.45) is 11.8 Å². The first-order valence-electron chi connectivity index (χ1n) is 6.28. The molecule has 0 aromatic heterocycles. The minimum atomic E-state index is -0.150. The highest BCUT2D eigenvalue weighted by Crippen LogP contribution is 2.40. The van der Waals surface area contributed by atoms with E-state index in [0.717, 1.165) is 30.5 Å². The summed E-state index contributed by atoms with van der Waals surface area (Å²) in [5.74, 6) is 1.50. The van der Waals surface area contributed by atoms with Gasteiger partial charge in [0.25, 0.3) is 0 Å². The Bertz CT molecular complexity index is 392. The Hall–Kier alpha value is -1.51. The molecule has 90 valence electrons. The molecule has 1 heterocycles. The molecule has 1 aromatic carbocycles. The van der Waals surface area contributed by atoms with Crippen LogP contribution in [-0.4, -0.2) is 24.1 Å². The molecule has 1 saturated carbocycles. The van der Waals surface area contributed by atoms with Crippen LogP contribution in [0.4, 0.5) is 4.79 Å². The summed E-state index contributed by atoms with van der Waals surface area (Å²) in [5.41, 5.74) is 1.04. The highest BCUT2D eigenvalue weighted by molar-refractivity contribution is 5.68. The minimum Gasteiger partial charge on any atom is -0.445 e. The molecule has 2 fully saturated rings. The minimum absolute atomic E-state index is 0.150. The van der Waals surface area contributed by atoms with Gasteiger partial charge in [-0.2, -0.15) is 0 Å². The predicted molar refractivity (Wildman–Crippen MR) is 64.4 cm³/mol. The van der Waals surface area contributed by atoms with Gasteiger partial charge >= 0.3 is 6.09 Å².